The Morgan fingerprint density at radius 1 is 1.10 bits per heavy atom. The van der Waals surface area contributed by atoms with Crippen molar-refractivity contribution in [2.24, 2.45) is 0 Å². The van der Waals surface area contributed by atoms with Crippen LogP contribution >= 0.6 is 0 Å². The predicted octanol–water partition coefficient (Wildman–Crippen LogP) is 0.341. The van der Waals surface area contributed by atoms with Gasteiger partial charge in [-0.15, -0.1) is 0 Å². The summed E-state index contributed by atoms with van der Waals surface area (Å²) in [5.41, 5.74) is 1.15. The molecule has 0 amide bonds. The molecule has 46 valence electrons. The van der Waals surface area contributed by atoms with E-state index in [0.717, 1.165) is 5.46 Å². The van der Waals surface area contributed by atoms with Gasteiger partial charge in [-0.25, -0.2) is 0 Å². The summed E-state index contributed by atoms with van der Waals surface area (Å²) >= 11 is -1.20. The van der Waals surface area contributed by atoms with Crippen molar-refractivity contribution >= 4 is 12.6 Å². The van der Waals surface area contributed by atoms with Crippen molar-refractivity contribution < 1.29 is 30.6 Å². The molecular weight excluding hydrogens is 315 g/mol. The van der Waals surface area contributed by atoms with Crippen molar-refractivity contribution in [3.05, 3.63) is 30.3 Å². The van der Waals surface area contributed by atoms with Gasteiger partial charge < -0.3 is 0 Å². The van der Waals surface area contributed by atoms with E-state index in [1.165, 1.54) is 0 Å². The number of hydrogen-bond donors (Lipinski definition) is 0. The van der Waals surface area contributed by atoms with Gasteiger partial charge >= 0.3 is 73.5 Å². The van der Waals surface area contributed by atoms with Gasteiger partial charge in [0.1, 0.15) is 0 Å². The Morgan fingerprint density at radius 2 is 1.80 bits per heavy atom. The van der Waals surface area contributed by atoms with E-state index in [0.29, 0.717) is 0 Å². The molecule has 1 heterocycles. The van der Waals surface area contributed by atoms with Crippen molar-refractivity contribution in [2.75, 3.05) is 0 Å². The van der Waals surface area contributed by atoms with E-state index in [1.807, 2.05) is 30.3 Å². The maximum absolute atomic E-state index is 5.32. The molecule has 1 aliphatic heterocycles. The van der Waals surface area contributed by atoms with Crippen LogP contribution in [0.3, 0.4) is 0 Å². The van der Waals surface area contributed by atoms with Crippen LogP contribution in [0.1, 0.15) is 0 Å². The summed E-state index contributed by atoms with van der Waals surface area (Å²) in [6.07, 6.45) is 0. The molecule has 0 aromatic heterocycles. The first kappa shape index (κ1) is 6.83. The van der Waals surface area contributed by atoms with Gasteiger partial charge in [-0.3, -0.25) is 0 Å². The Labute approximate surface area is 73.4 Å². The van der Waals surface area contributed by atoms with Crippen LogP contribution in [-0.4, -0.2) is 7.12 Å². The molecule has 0 atom stereocenters. The van der Waals surface area contributed by atoms with E-state index >= 15 is 0 Å². The van der Waals surface area contributed by atoms with E-state index in [-0.39, 0.29) is 7.12 Å². The third-order valence-corrected chi connectivity index (χ3v) is 4.92. The number of hydrogen-bond acceptors (Lipinski definition) is 2. The van der Waals surface area contributed by atoms with Crippen LogP contribution in [0.5, 0.6) is 0 Å². The van der Waals surface area contributed by atoms with Crippen LogP contribution in [-0.2, 0) is 30.6 Å². The molecule has 0 saturated carbocycles. The van der Waals surface area contributed by atoms with Crippen LogP contribution in [0.4, 0.5) is 0 Å². The summed E-state index contributed by atoms with van der Waals surface area (Å²) in [4.78, 5) is 0. The molecule has 4 heteroatoms. The van der Waals surface area contributed by atoms with E-state index in [4.69, 9.17) is 5.12 Å². The Kier molecular flexibility index (Phi) is 2.07. The van der Waals surface area contributed by atoms with Gasteiger partial charge in [0, 0.05) is 0 Å². The predicted molar refractivity (Wildman–Crippen MR) is 34.0 cm³/mol. The van der Waals surface area contributed by atoms with Crippen LogP contribution < -0.4 is 5.46 Å². The zero-order chi connectivity index (χ0) is 6.81. The molecule has 0 aliphatic carbocycles. The quantitative estimate of drug-likeness (QED) is 0.695. The zero-order valence-corrected chi connectivity index (χ0v) is 11.0. The van der Waals surface area contributed by atoms with Gasteiger partial charge in [-0.05, 0) is 0 Å². The molecule has 0 bridgehead atoms. The first-order valence-electron chi connectivity index (χ1n) is 3.25. The van der Waals surface area contributed by atoms with Gasteiger partial charge in [0.15, 0.2) is 0 Å². The molecule has 1 aromatic rings. The standard InChI is InChI=1S/C6H5BO2.Hg/c8-7(9)6-4-2-1-3-5-6;/h1-5H;/q-2;+2. The van der Waals surface area contributed by atoms with Crippen LogP contribution in [0.25, 0.3) is 0 Å². The van der Waals surface area contributed by atoms with Crippen molar-refractivity contribution in [2.45, 2.75) is 0 Å². The van der Waals surface area contributed by atoms with Crippen LogP contribution in [0.2, 0.25) is 0 Å². The molecule has 0 spiro atoms. The van der Waals surface area contributed by atoms with Gasteiger partial charge in [0.05, 0.1) is 0 Å². The Balaban J connectivity index is 2.18. The van der Waals surface area contributed by atoms with E-state index in [2.05, 4.69) is 0 Å². The summed E-state index contributed by atoms with van der Waals surface area (Å²) in [5, 5.41) is 0. The van der Waals surface area contributed by atoms with Crippen LogP contribution in [0, 0.1) is 0 Å². The zero-order valence-electron chi connectivity index (χ0n) is 5.49. The van der Waals surface area contributed by atoms with E-state index in [1.54, 1.807) is 0 Å². The second-order valence-corrected chi connectivity index (χ2v) is 5.70. The molecule has 10 heavy (non-hydrogen) atoms. The summed E-state index contributed by atoms with van der Waals surface area (Å²) in [7, 11) is -0.0112. The van der Waals surface area contributed by atoms with Gasteiger partial charge in [0.2, 0.25) is 0 Å². The second kappa shape index (κ2) is 3.03. The molecule has 2 rings (SSSR count). The second-order valence-electron chi connectivity index (χ2n) is 2.19. The van der Waals surface area contributed by atoms with Crippen molar-refractivity contribution in [1.82, 2.24) is 0 Å². The summed E-state index contributed by atoms with van der Waals surface area (Å²) < 4.78 is 10.6. The SMILES string of the molecule is c1ccc(B2[O][Hg][O]2)cc1. The summed E-state index contributed by atoms with van der Waals surface area (Å²) in [6, 6.07) is 10.0. The van der Waals surface area contributed by atoms with Crippen molar-refractivity contribution in [3.8, 4) is 0 Å². The Morgan fingerprint density at radius 3 is 2.30 bits per heavy atom. The normalized spacial score (nSPS) is 15.0. The molecule has 1 saturated heterocycles. The van der Waals surface area contributed by atoms with Crippen LogP contribution in [0.15, 0.2) is 30.3 Å². The Bertz CT molecular complexity index is 212. The Hall–Kier alpha value is 0.140. The fraction of sp³-hybridized carbons (Fsp3) is 0. The minimum absolute atomic E-state index is 0.0112. The first-order chi connectivity index (χ1) is 4.97. The molecule has 2 nitrogen and oxygen atoms in total. The van der Waals surface area contributed by atoms with E-state index in [9.17, 15) is 0 Å². The molecule has 1 aromatic carbocycles. The number of rotatable bonds is 1. The average Bonchev–Trinajstić information content (AvgIpc) is 1.86. The third-order valence-electron chi connectivity index (χ3n) is 1.51. The number of benzene rings is 1. The maximum atomic E-state index is 5.32. The monoisotopic (exact) mass is 322 g/mol. The fourth-order valence-corrected chi connectivity index (χ4v) is 3.49. The molecule has 1 aliphatic rings. The summed E-state index contributed by atoms with van der Waals surface area (Å²) in [5.74, 6) is 0. The minimum atomic E-state index is -1.20. The van der Waals surface area contributed by atoms with Gasteiger partial charge in [-0.1, -0.05) is 0 Å². The third kappa shape index (κ3) is 1.26. The molecule has 0 unspecified atom stereocenters. The average molecular weight is 321 g/mol. The summed E-state index contributed by atoms with van der Waals surface area (Å²) in [6.45, 7) is 0. The fourth-order valence-electron chi connectivity index (χ4n) is 0.939. The molecule has 0 N–H and O–H groups in total. The molecular formula is C6H5BHgO2. The van der Waals surface area contributed by atoms with Gasteiger partial charge in [0.25, 0.3) is 0 Å². The van der Waals surface area contributed by atoms with E-state index < -0.39 is 25.5 Å². The topological polar surface area (TPSA) is 18.5 Å². The van der Waals surface area contributed by atoms with Crippen molar-refractivity contribution in [3.63, 3.8) is 0 Å². The molecule has 1 fully saturated rings. The molecule has 0 radical (unpaired) electrons. The first-order valence-corrected chi connectivity index (χ1v) is 7.74. The van der Waals surface area contributed by atoms with Crippen molar-refractivity contribution in [1.29, 1.82) is 0 Å². The van der Waals surface area contributed by atoms with Gasteiger partial charge in [-0.2, -0.15) is 0 Å².